The molecule has 0 spiro atoms. The van der Waals surface area contributed by atoms with Gasteiger partial charge in [0.1, 0.15) is 5.82 Å². The van der Waals surface area contributed by atoms with Crippen molar-refractivity contribution in [3.8, 4) is 11.8 Å². The van der Waals surface area contributed by atoms with Crippen molar-refractivity contribution in [3.05, 3.63) is 58.0 Å². The van der Waals surface area contributed by atoms with Gasteiger partial charge in [0.25, 0.3) is 0 Å². The zero-order valence-corrected chi connectivity index (χ0v) is 11.0. The summed E-state index contributed by atoms with van der Waals surface area (Å²) in [5.41, 5.74) is 0.730. The molecule has 2 nitrogen and oxygen atoms in total. The van der Waals surface area contributed by atoms with Crippen LogP contribution in [0, 0.1) is 17.7 Å². The minimum atomic E-state index is -0.283. The van der Waals surface area contributed by atoms with E-state index in [1.165, 1.54) is 12.1 Å². The molecule has 4 heteroatoms. The number of benzene rings is 1. The summed E-state index contributed by atoms with van der Waals surface area (Å²) >= 11 is 1.56. The lowest BCUT2D eigenvalue weighted by molar-refractivity contribution is -0.120. The molecular weight excluding hydrogens is 261 g/mol. The van der Waals surface area contributed by atoms with Gasteiger partial charge in [-0.1, -0.05) is 17.9 Å². The summed E-state index contributed by atoms with van der Waals surface area (Å²) in [6.45, 7) is 0.293. The smallest absolute Gasteiger partial charge is 0.226 e. The third-order valence-corrected chi connectivity index (χ3v) is 3.24. The molecule has 0 saturated heterocycles. The van der Waals surface area contributed by atoms with Gasteiger partial charge in [0, 0.05) is 10.4 Å². The standard InChI is InChI=1S/C15H12FNOS/c16-13-7-5-12(6-8-13)3-1-9-17-15(18)11-14-4-2-10-19-14/h2,4-8,10H,9,11H2,(H,17,18). The summed E-state index contributed by atoms with van der Waals surface area (Å²) < 4.78 is 12.7. The van der Waals surface area contributed by atoms with E-state index in [1.807, 2.05) is 17.5 Å². The summed E-state index contributed by atoms with van der Waals surface area (Å²) in [7, 11) is 0. The second-order valence-electron chi connectivity index (χ2n) is 3.84. The lowest BCUT2D eigenvalue weighted by Gasteiger charge is -1.98. The number of hydrogen-bond acceptors (Lipinski definition) is 2. The fourth-order valence-corrected chi connectivity index (χ4v) is 2.16. The van der Waals surface area contributed by atoms with E-state index in [-0.39, 0.29) is 11.7 Å². The van der Waals surface area contributed by atoms with Crippen LogP contribution in [-0.4, -0.2) is 12.5 Å². The van der Waals surface area contributed by atoms with Crippen LogP contribution in [-0.2, 0) is 11.2 Å². The van der Waals surface area contributed by atoms with Gasteiger partial charge in [0.05, 0.1) is 13.0 Å². The highest BCUT2D eigenvalue weighted by Gasteiger charge is 2.01. The maximum absolute atomic E-state index is 12.7. The van der Waals surface area contributed by atoms with Gasteiger partial charge in [-0.05, 0) is 35.7 Å². The normalized spacial score (nSPS) is 9.53. The zero-order valence-electron chi connectivity index (χ0n) is 10.2. The van der Waals surface area contributed by atoms with Crippen molar-refractivity contribution in [3.63, 3.8) is 0 Å². The van der Waals surface area contributed by atoms with Crippen LogP contribution in [0.25, 0.3) is 0 Å². The monoisotopic (exact) mass is 273 g/mol. The van der Waals surface area contributed by atoms with Crippen LogP contribution in [0.5, 0.6) is 0 Å². The Morgan fingerprint density at radius 2 is 2.05 bits per heavy atom. The lowest BCUT2D eigenvalue weighted by Crippen LogP contribution is -2.24. The van der Waals surface area contributed by atoms with E-state index in [9.17, 15) is 9.18 Å². The Kier molecular flexibility index (Phi) is 4.71. The van der Waals surface area contributed by atoms with Crippen LogP contribution in [0.4, 0.5) is 4.39 Å². The van der Waals surface area contributed by atoms with Crippen LogP contribution in [0.2, 0.25) is 0 Å². The van der Waals surface area contributed by atoms with Crippen molar-refractivity contribution in [1.29, 1.82) is 0 Å². The van der Waals surface area contributed by atoms with Crippen molar-refractivity contribution < 1.29 is 9.18 Å². The third kappa shape index (κ3) is 4.57. The van der Waals surface area contributed by atoms with Crippen molar-refractivity contribution in [1.82, 2.24) is 5.32 Å². The van der Waals surface area contributed by atoms with Gasteiger partial charge in [-0.15, -0.1) is 11.3 Å². The molecule has 1 aromatic heterocycles. The van der Waals surface area contributed by atoms with Crippen LogP contribution in [0.15, 0.2) is 41.8 Å². The molecule has 0 bridgehead atoms. The first kappa shape index (κ1) is 13.3. The maximum Gasteiger partial charge on any atom is 0.226 e. The van der Waals surface area contributed by atoms with Gasteiger partial charge in [-0.25, -0.2) is 4.39 Å². The minimum absolute atomic E-state index is 0.0455. The first-order chi connectivity index (χ1) is 9.24. The summed E-state index contributed by atoms with van der Waals surface area (Å²) in [4.78, 5) is 12.6. The maximum atomic E-state index is 12.7. The van der Waals surface area contributed by atoms with Gasteiger partial charge >= 0.3 is 0 Å². The van der Waals surface area contributed by atoms with Crippen LogP contribution >= 0.6 is 11.3 Å². The second-order valence-corrected chi connectivity index (χ2v) is 4.87. The molecule has 1 aromatic carbocycles. The molecular formula is C15H12FNOS. The summed E-state index contributed by atoms with van der Waals surface area (Å²) in [6, 6.07) is 9.78. The first-order valence-electron chi connectivity index (χ1n) is 5.77. The quantitative estimate of drug-likeness (QED) is 0.856. The molecule has 0 aliphatic rings. The average Bonchev–Trinajstić information content (AvgIpc) is 2.89. The fraction of sp³-hybridized carbons (Fsp3) is 0.133. The molecule has 0 aliphatic carbocycles. The van der Waals surface area contributed by atoms with Crippen LogP contribution in [0.1, 0.15) is 10.4 Å². The Labute approximate surface area is 115 Å². The summed E-state index contributed by atoms with van der Waals surface area (Å²) in [6.07, 6.45) is 0.385. The SMILES string of the molecule is O=C(Cc1cccs1)NCC#Cc1ccc(F)cc1. The Balaban J connectivity index is 1.77. The van der Waals surface area contributed by atoms with E-state index in [4.69, 9.17) is 0 Å². The highest BCUT2D eigenvalue weighted by Crippen LogP contribution is 2.08. The molecule has 1 amide bonds. The molecule has 0 aliphatic heterocycles. The molecule has 0 radical (unpaired) electrons. The van der Waals surface area contributed by atoms with Crippen molar-refractivity contribution in [2.75, 3.05) is 6.54 Å². The predicted molar refractivity (Wildman–Crippen MR) is 74.3 cm³/mol. The number of amides is 1. The number of rotatable bonds is 3. The van der Waals surface area contributed by atoms with E-state index in [0.717, 1.165) is 10.4 Å². The Hall–Kier alpha value is -2.12. The van der Waals surface area contributed by atoms with E-state index < -0.39 is 0 Å². The largest absolute Gasteiger partial charge is 0.345 e. The average molecular weight is 273 g/mol. The molecule has 2 aromatic rings. The second kappa shape index (κ2) is 6.72. The summed E-state index contributed by atoms with van der Waals surface area (Å²) in [5.74, 6) is 5.36. The predicted octanol–water partition coefficient (Wildman–Crippen LogP) is 2.60. The third-order valence-electron chi connectivity index (χ3n) is 2.37. The van der Waals surface area contributed by atoms with Crippen LogP contribution in [0.3, 0.4) is 0 Å². The summed E-state index contributed by atoms with van der Waals surface area (Å²) in [5, 5.41) is 4.66. The lowest BCUT2D eigenvalue weighted by atomic mass is 10.2. The van der Waals surface area contributed by atoms with Gasteiger partial charge < -0.3 is 5.32 Å². The van der Waals surface area contributed by atoms with Gasteiger partial charge in [0.15, 0.2) is 0 Å². The molecule has 0 unspecified atom stereocenters. The van der Waals surface area contributed by atoms with E-state index in [1.54, 1.807) is 23.5 Å². The van der Waals surface area contributed by atoms with Crippen molar-refractivity contribution >= 4 is 17.2 Å². The highest BCUT2D eigenvalue weighted by atomic mass is 32.1. The van der Waals surface area contributed by atoms with E-state index in [0.29, 0.717) is 13.0 Å². The first-order valence-corrected chi connectivity index (χ1v) is 6.65. The molecule has 2 rings (SSSR count). The van der Waals surface area contributed by atoms with Gasteiger partial charge in [-0.2, -0.15) is 0 Å². The Morgan fingerprint density at radius 1 is 1.26 bits per heavy atom. The molecule has 0 fully saturated rings. The molecule has 1 heterocycles. The van der Waals surface area contributed by atoms with E-state index in [2.05, 4.69) is 17.2 Å². The molecule has 96 valence electrons. The van der Waals surface area contributed by atoms with Gasteiger partial charge in [0.2, 0.25) is 5.91 Å². The number of halogens is 1. The number of thiophene rings is 1. The molecule has 19 heavy (non-hydrogen) atoms. The highest BCUT2D eigenvalue weighted by molar-refractivity contribution is 7.10. The fourth-order valence-electron chi connectivity index (χ4n) is 1.46. The minimum Gasteiger partial charge on any atom is -0.345 e. The molecule has 0 saturated carbocycles. The van der Waals surface area contributed by atoms with E-state index >= 15 is 0 Å². The zero-order chi connectivity index (χ0) is 13.5. The number of hydrogen-bond donors (Lipinski definition) is 1. The Morgan fingerprint density at radius 3 is 2.74 bits per heavy atom. The van der Waals surface area contributed by atoms with Gasteiger partial charge in [-0.3, -0.25) is 4.79 Å². The van der Waals surface area contributed by atoms with Crippen molar-refractivity contribution in [2.24, 2.45) is 0 Å². The Bertz CT molecular complexity index is 593. The van der Waals surface area contributed by atoms with Crippen molar-refractivity contribution in [2.45, 2.75) is 6.42 Å². The molecule has 1 N–H and O–H groups in total. The van der Waals surface area contributed by atoms with Crippen LogP contribution < -0.4 is 5.32 Å². The topological polar surface area (TPSA) is 29.1 Å². The number of carbonyl (C=O) groups is 1. The number of carbonyl (C=O) groups excluding carboxylic acids is 1. The number of nitrogens with one attached hydrogen (secondary N) is 1. The molecule has 0 atom stereocenters.